The second-order valence-corrected chi connectivity index (χ2v) is 10.5. The Kier molecular flexibility index (Phi) is 8.32. The molecule has 0 fully saturated rings. The van der Waals surface area contributed by atoms with Crippen molar-refractivity contribution < 1.29 is 8.42 Å². The topological polar surface area (TPSA) is 88.4 Å². The maximum atomic E-state index is 11.4. The summed E-state index contributed by atoms with van der Waals surface area (Å²) in [6.45, 7) is 13.7. The summed E-state index contributed by atoms with van der Waals surface area (Å²) < 4.78 is 24.8. The summed E-state index contributed by atoms with van der Waals surface area (Å²) in [6.07, 6.45) is 2.74. The van der Waals surface area contributed by atoms with Crippen LogP contribution in [0.3, 0.4) is 0 Å². The minimum atomic E-state index is -2.95. The SMILES string of the molecule is CCNC(=NCC(C)(C)CCS(C)(=O)=O)NC(C)Cc1c(C)nn(C)c1C. The Hall–Kier alpha value is -1.57. The predicted molar refractivity (Wildman–Crippen MR) is 113 cm³/mol. The number of aliphatic imine (C=N–C) groups is 1. The van der Waals surface area contributed by atoms with Gasteiger partial charge in [-0.25, -0.2) is 8.42 Å². The monoisotopic (exact) mass is 399 g/mol. The van der Waals surface area contributed by atoms with Gasteiger partial charge >= 0.3 is 0 Å². The van der Waals surface area contributed by atoms with Crippen molar-refractivity contribution in [2.24, 2.45) is 17.5 Å². The summed E-state index contributed by atoms with van der Waals surface area (Å²) in [6, 6.07) is 0.198. The number of aryl methyl sites for hydroxylation is 2. The van der Waals surface area contributed by atoms with Crippen LogP contribution in [0.15, 0.2) is 4.99 Å². The van der Waals surface area contributed by atoms with Crippen LogP contribution in [0.2, 0.25) is 0 Å². The highest BCUT2D eigenvalue weighted by Gasteiger charge is 2.20. The van der Waals surface area contributed by atoms with Crippen molar-refractivity contribution in [3.8, 4) is 0 Å². The molecule has 7 nitrogen and oxygen atoms in total. The van der Waals surface area contributed by atoms with E-state index in [0.717, 1.165) is 24.6 Å². The summed E-state index contributed by atoms with van der Waals surface area (Å²) in [4.78, 5) is 4.70. The van der Waals surface area contributed by atoms with Crippen LogP contribution in [0.25, 0.3) is 0 Å². The molecule has 0 bridgehead atoms. The van der Waals surface area contributed by atoms with Crippen LogP contribution < -0.4 is 10.6 Å². The standard InChI is InChI=1S/C19H37N5O2S/c1-9-20-18(21-13-19(5,6)10-11-27(8,25)26)22-14(2)12-17-15(3)23-24(7)16(17)4/h14H,9-13H2,1-8H3,(H2,20,21,22). The molecule has 156 valence electrons. The van der Waals surface area contributed by atoms with Gasteiger partial charge in [0.15, 0.2) is 5.96 Å². The number of guanidine groups is 1. The van der Waals surface area contributed by atoms with Gasteiger partial charge < -0.3 is 10.6 Å². The van der Waals surface area contributed by atoms with E-state index in [2.05, 4.69) is 43.4 Å². The molecule has 2 N–H and O–H groups in total. The van der Waals surface area contributed by atoms with Gasteiger partial charge in [-0.2, -0.15) is 5.10 Å². The molecule has 0 aromatic carbocycles. The van der Waals surface area contributed by atoms with E-state index in [1.54, 1.807) is 0 Å². The first kappa shape index (κ1) is 23.5. The smallest absolute Gasteiger partial charge is 0.191 e. The molecule has 0 spiro atoms. The zero-order valence-corrected chi connectivity index (χ0v) is 19.0. The van der Waals surface area contributed by atoms with Gasteiger partial charge in [0, 0.05) is 38.1 Å². The Labute approximate surface area is 164 Å². The maximum Gasteiger partial charge on any atom is 0.191 e. The molecule has 1 rings (SSSR count). The first-order valence-electron chi connectivity index (χ1n) is 9.56. The highest BCUT2D eigenvalue weighted by atomic mass is 32.2. The van der Waals surface area contributed by atoms with Crippen LogP contribution >= 0.6 is 0 Å². The molecule has 0 aliphatic carbocycles. The Bertz CT molecular complexity index is 750. The second-order valence-electron chi connectivity index (χ2n) is 8.26. The molecule has 1 aromatic heterocycles. The van der Waals surface area contributed by atoms with Crippen LogP contribution in [0.4, 0.5) is 0 Å². The summed E-state index contributed by atoms with van der Waals surface area (Å²) >= 11 is 0. The lowest BCUT2D eigenvalue weighted by molar-refractivity contribution is 0.365. The van der Waals surface area contributed by atoms with Crippen LogP contribution in [-0.4, -0.2) is 55.3 Å². The van der Waals surface area contributed by atoms with Crippen LogP contribution in [-0.2, 0) is 23.3 Å². The average molecular weight is 400 g/mol. The number of nitrogens with zero attached hydrogens (tertiary/aromatic N) is 3. The fraction of sp³-hybridized carbons (Fsp3) is 0.789. The zero-order valence-electron chi connectivity index (χ0n) is 18.2. The number of sulfone groups is 1. The largest absolute Gasteiger partial charge is 0.357 e. The third-order valence-electron chi connectivity index (χ3n) is 4.71. The normalized spacial score (nSPS) is 14.3. The Balaban J connectivity index is 2.75. The summed E-state index contributed by atoms with van der Waals surface area (Å²) in [5.41, 5.74) is 3.34. The van der Waals surface area contributed by atoms with Crippen molar-refractivity contribution in [1.29, 1.82) is 0 Å². The lowest BCUT2D eigenvalue weighted by atomic mass is 9.90. The zero-order chi connectivity index (χ0) is 20.8. The van der Waals surface area contributed by atoms with Gasteiger partial charge in [-0.15, -0.1) is 0 Å². The molecule has 1 heterocycles. The lowest BCUT2D eigenvalue weighted by Crippen LogP contribution is -2.43. The van der Waals surface area contributed by atoms with Gasteiger partial charge in [0.25, 0.3) is 0 Å². The van der Waals surface area contributed by atoms with E-state index in [1.165, 1.54) is 17.5 Å². The third kappa shape index (κ3) is 8.32. The maximum absolute atomic E-state index is 11.4. The van der Waals surface area contributed by atoms with Gasteiger partial charge in [-0.3, -0.25) is 9.67 Å². The number of nitrogens with one attached hydrogen (secondary N) is 2. The van der Waals surface area contributed by atoms with Gasteiger partial charge in [0.1, 0.15) is 9.84 Å². The third-order valence-corrected chi connectivity index (χ3v) is 5.66. The van der Waals surface area contributed by atoms with E-state index >= 15 is 0 Å². The summed E-state index contributed by atoms with van der Waals surface area (Å²) in [5.74, 6) is 0.951. The Morgan fingerprint density at radius 1 is 1.33 bits per heavy atom. The first-order chi connectivity index (χ1) is 12.3. The molecule has 27 heavy (non-hydrogen) atoms. The van der Waals surface area contributed by atoms with Crippen molar-refractivity contribution in [1.82, 2.24) is 20.4 Å². The van der Waals surface area contributed by atoms with Crippen molar-refractivity contribution in [2.75, 3.05) is 25.1 Å². The fourth-order valence-corrected chi connectivity index (χ4v) is 3.78. The highest BCUT2D eigenvalue weighted by Crippen LogP contribution is 2.21. The van der Waals surface area contributed by atoms with E-state index in [4.69, 9.17) is 4.99 Å². The van der Waals surface area contributed by atoms with Crippen molar-refractivity contribution >= 4 is 15.8 Å². The average Bonchev–Trinajstić information content (AvgIpc) is 2.77. The molecule has 1 unspecified atom stereocenters. The van der Waals surface area contributed by atoms with E-state index in [1.807, 2.05) is 25.6 Å². The number of hydrogen-bond donors (Lipinski definition) is 2. The van der Waals surface area contributed by atoms with Crippen LogP contribution in [0, 0.1) is 19.3 Å². The van der Waals surface area contributed by atoms with Crippen molar-refractivity contribution in [3.63, 3.8) is 0 Å². The molecule has 0 aliphatic heterocycles. The van der Waals surface area contributed by atoms with Gasteiger partial charge in [0.2, 0.25) is 0 Å². The number of rotatable bonds is 9. The molecule has 0 aliphatic rings. The van der Waals surface area contributed by atoms with Crippen LogP contribution in [0.1, 0.15) is 51.1 Å². The van der Waals surface area contributed by atoms with E-state index in [0.29, 0.717) is 13.0 Å². The molecule has 0 radical (unpaired) electrons. The minimum Gasteiger partial charge on any atom is -0.357 e. The van der Waals surface area contributed by atoms with Crippen LogP contribution in [0.5, 0.6) is 0 Å². The Morgan fingerprint density at radius 2 is 1.96 bits per heavy atom. The highest BCUT2D eigenvalue weighted by molar-refractivity contribution is 7.90. The number of hydrogen-bond acceptors (Lipinski definition) is 4. The van der Waals surface area contributed by atoms with E-state index in [9.17, 15) is 8.42 Å². The van der Waals surface area contributed by atoms with E-state index in [-0.39, 0.29) is 17.2 Å². The van der Waals surface area contributed by atoms with Gasteiger partial charge in [-0.05, 0) is 51.5 Å². The molecule has 1 aromatic rings. The molecule has 8 heteroatoms. The molecular formula is C19H37N5O2S. The Morgan fingerprint density at radius 3 is 2.44 bits per heavy atom. The summed E-state index contributed by atoms with van der Waals surface area (Å²) in [5, 5.41) is 11.2. The van der Waals surface area contributed by atoms with Crippen molar-refractivity contribution in [3.05, 3.63) is 17.0 Å². The van der Waals surface area contributed by atoms with Crippen molar-refractivity contribution in [2.45, 2.75) is 60.4 Å². The lowest BCUT2D eigenvalue weighted by Gasteiger charge is -2.24. The van der Waals surface area contributed by atoms with Gasteiger partial charge in [0.05, 0.1) is 11.4 Å². The quantitative estimate of drug-likeness (QED) is 0.490. The molecule has 0 saturated heterocycles. The minimum absolute atomic E-state index is 0.175. The molecule has 0 amide bonds. The van der Waals surface area contributed by atoms with Gasteiger partial charge in [-0.1, -0.05) is 13.8 Å². The number of aromatic nitrogens is 2. The molecule has 1 atom stereocenters. The first-order valence-corrected chi connectivity index (χ1v) is 11.6. The second kappa shape index (κ2) is 9.57. The predicted octanol–water partition coefficient (Wildman–Crippen LogP) is 1.98. The van der Waals surface area contributed by atoms with E-state index < -0.39 is 9.84 Å². The fourth-order valence-electron chi connectivity index (χ4n) is 2.86. The molecule has 0 saturated carbocycles. The molecular weight excluding hydrogens is 362 g/mol. The summed E-state index contributed by atoms with van der Waals surface area (Å²) in [7, 11) is -0.987.